The van der Waals surface area contributed by atoms with Crippen molar-refractivity contribution in [2.75, 3.05) is 19.7 Å². The Morgan fingerprint density at radius 2 is 2.38 bits per heavy atom. The molecule has 0 aromatic rings. The zero-order chi connectivity index (χ0) is 11.8. The van der Waals surface area contributed by atoms with E-state index in [1.807, 2.05) is 0 Å². The molecule has 0 aromatic carbocycles. The smallest absolute Gasteiger partial charge is 0.319 e. The van der Waals surface area contributed by atoms with E-state index in [9.17, 15) is 13.6 Å². The van der Waals surface area contributed by atoms with Gasteiger partial charge in [0, 0.05) is 19.5 Å². The van der Waals surface area contributed by atoms with Crippen LogP contribution in [-0.4, -0.2) is 54.0 Å². The molecular weight excluding hydrogens is 222 g/mol. The highest BCUT2D eigenvalue weighted by atomic mass is 19.3. The summed E-state index contributed by atoms with van der Waals surface area (Å²) in [5.74, 6) is -3.10. The summed E-state index contributed by atoms with van der Waals surface area (Å²) in [5.41, 5.74) is 0. The Labute approximate surface area is 91.4 Å². The van der Waals surface area contributed by atoms with E-state index in [0.29, 0.717) is 13.0 Å². The molecule has 0 radical (unpaired) electrons. The molecular formula is C9H14F2N2O3. The summed E-state index contributed by atoms with van der Waals surface area (Å²) in [6.45, 7) is 0.294. The van der Waals surface area contributed by atoms with Crippen LogP contribution in [0.25, 0.3) is 0 Å². The first-order valence-electron chi connectivity index (χ1n) is 5.23. The average molecular weight is 236 g/mol. The van der Waals surface area contributed by atoms with E-state index in [4.69, 9.17) is 9.84 Å². The number of nitrogens with one attached hydrogen (secondary N) is 1. The minimum absolute atomic E-state index is 0.254. The van der Waals surface area contributed by atoms with Crippen LogP contribution in [0.1, 0.15) is 12.8 Å². The van der Waals surface area contributed by atoms with Gasteiger partial charge < -0.3 is 15.2 Å². The Hall–Kier alpha value is -0.950. The zero-order valence-corrected chi connectivity index (χ0v) is 8.66. The number of halogens is 2. The quantitative estimate of drug-likeness (QED) is 0.717. The maximum atomic E-state index is 13.5. The van der Waals surface area contributed by atoms with E-state index in [1.54, 1.807) is 0 Å². The lowest BCUT2D eigenvalue weighted by Gasteiger charge is -2.34. The highest BCUT2D eigenvalue weighted by Gasteiger charge is 2.54. The van der Waals surface area contributed by atoms with Crippen molar-refractivity contribution in [1.29, 1.82) is 0 Å². The number of hydrogen-bond acceptors (Lipinski definition) is 3. The van der Waals surface area contributed by atoms with E-state index in [-0.39, 0.29) is 6.54 Å². The average Bonchev–Trinajstić information content (AvgIpc) is 2.54. The number of ether oxygens (including phenoxy) is 1. The van der Waals surface area contributed by atoms with Crippen LogP contribution < -0.4 is 5.32 Å². The summed E-state index contributed by atoms with van der Waals surface area (Å²) in [5, 5.41) is 11.3. The minimum Gasteiger partial charge on any atom is -0.394 e. The number of hydrogen-bond donors (Lipinski definition) is 2. The largest absolute Gasteiger partial charge is 0.394 e. The van der Waals surface area contributed by atoms with Gasteiger partial charge in [-0.1, -0.05) is 0 Å². The van der Waals surface area contributed by atoms with Crippen LogP contribution in [0, 0.1) is 0 Å². The van der Waals surface area contributed by atoms with Crippen molar-refractivity contribution in [3.63, 3.8) is 0 Å². The molecule has 2 saturated heterocycles. The normalized spacial score (nSPS) is 33.9. The zero-order valence-electron chi connectivity index (χ0n) is 8.66. The van der Waals surface area contributed by atoms with Crippen LogP contribution in [0.2, 0.25) is 0 Å². The number of carbonyl (C=O) groups excluding carboxylic acids is 1. The second kappa shape index (κ2) is 4.14. The van der Waals surface area contributed by atoms with Gasteiger partial charge in [0.05, 0.1) is 12.7 Å². The second-order valence-corrected chi connectivity index (χ2v) is 4.04. The number of alkyl halides is 2. The predicted molar refractivity (Wildman–Crippen MR) is 50.0 cm³/mol. The van der Waals surface area contributed by atoms with Gasteiger partial charge in [0.1, 0.15) is 0 Å². The Morgan fingerprint density at radius 3 is 2.94 bits per heavy atom. The van der Waals surface area contributed by atoms with Crippen LogP contribution in [-0.2, 0) is 4.74 Å². The van der Waals surface area contributed by atoms with Gasteiger partial charge in [0.15, 0.2) is 6.23 Å². The first-order chi connectivity index (χ1) is 7.54. The van der Waals surface area contributed by atoms with Gasteiger partial charge in [0.2, 0.25) is 0 Å². The first-order valence-corrected chi connectivity index (χ1v) is 5.23. The van der Waals surface area contributed by atoms with Crippen LogP contribution in [0.3, 0.4) is 0 Å². The van der Waals surface area contributed by atoms with Gasteiger partial charge in [-0.05, 0) is 6.42 Å². The van der Waals surface area contributed by atoms with Gasteiger partial charge in [-0.3, -0.25) is 4.90 Å². The molecule has 0 aliphatic carbocycles. The molecule has 0 spiro atoms. The molecule has 2 fully saturated rings. The van der Waals surface area contributed by atoms with Crippen molar-refractivity contribution >= 4 is 6.03 Å². The summed E-state index contributed by atoms with van der Waals surface area (Å²) in [4.78, 5) is 12.4. The van der Waals surface area contributed by atoms with Gasteiger partial charge in [0.25, 0.3) is 5.92 Å². The maximum Gasteiger partial charge on any atom is 0.319 e. The molecule has 2 heterocycles. The van der Waals surface area contributed by atoms with Crippen molar-refractivity contribution in [3.05, 3.63) is 0 Å². The lowest BCUT2D eigenvalue weighted by atomic mass is 10.1. The summed E-state index contributed by atoms with van der Waals surface area (Å²) in [7, 11) is 0. The number of rotatable bonds is 2. The van der Waals surface area contributed by atoms with Gasteiger partial charge in [-0.15, -0.1) is 0 Å². The fourth-order valence-corrected chi connectivity index (χ4v) is 2.01. The van der Waals surface area contributed by atoms with Crippen molar-refractivity contribution < 1.29 is 23.4 Å². The van der Waals surface area contributed by atoms with Crippen LogP contribution >= 0.6 is 0 Å². The molecule has 1 unspecified atom stereocenters. The molecule has 2 aliphatic heterocycles. The Bertz CT molecular complexity index is 288. The monoisotopic (exact) mass is 236 g/mol. The predicted octanol–water partition coefficient (Wildman–Crippen LogP) is 0.144. The number of urea groups is 1. The first kappa shape index (κ1) is 11.5. The highest BCUT2D eigenvalue weighted by Crippen LogP contribution is 2.37. The summed E-state index contributed by atoms with van der Waals surface area (Å²) in [6, 6.07) is -0.533. The third-order valence-corrected chi connectivity index (χ3v) is 2.78. The fraction of sp³-hybridized carbons (Fsp3) is 0.889. The molecule has 0 aromatic heterocycles. The van der Waals surface area contributed by atoms with Crippen molar-refractivity contribution in [2.45, 2.75) is 31.1 Å². The molecule has 16 heavy (non-hydrogen) atoms. The third kappa shape index (κ3) is 1.97. The van der Waals surface area contributed by atoms with Gasteiger partial charge in [-0.25, -0.2) is 13.6 Å². The van der Waals surface area contributed by atoms with E-state index in [0.717, 1.165) is 4.90 Å². The topological polar surface area (TPSA) is 61.8 Å². The Morgan fingerprint density at radius 1 is 1.62 bits per heavy atom. The van der Waals surface area contributed by atoms with Crippen molar-refractivity contribution in [3.8, 4) is 0 Å². The fourth-order valence-electron chi connectivity index (χ4n) is 2.01. The van der Waals surface area contributed by atoms with Gasteiger partial charge >= 0.3 is 6.03 Å². The van der Waals surface area contributed by atoms with Crippen molar-refractivity contribution in [1.82, 2.24) is 10.2 Å². The maximum absolute atomic E-state index is 13.5. The molecule has 2 aliphatic rings. The second-order valence-electron chi connectivity index (χ2n) is 4.04. The Kier molecular flexibility index (Phi) is 2.98. The van der Waals surface area contributed by atoms with Crippen LogP contribution in [0.4, 0.5) is 13.6 Å². The molecule has 7 heteroatoms. The molecule has 92 valence electrons. The molecule has 0 saturated carbocycles. The lowest BCUT2D eigenvalue weighted by molar-refractivity contribution is -0.140. The number of aliphatic hydroxyl groups excluding tert-OH is 1. The van der Waals surface area contributed by atoms with Crippen LogP contribution in [0.5, 0.6) is 0 Å². The highest BCUT2D eigenvalue weighted by molar-refractivity contribution is 5.75. The third-order valence-electron chi connectivity index (χ3n) is 2.78. The molecule has 5 nitrogen and oxygen atoms in total. The number of amides is 2. The summed E-state index contributed by atoms with van der Waals surface area (Å²) >= 11 is 0. The van der Waals surface area contributed by atoms with E-state index in [2.05, 4.69) is 5.32 Å². The van der Waals surface area contributed by atoms with Crippen LogP contribution in [0.15, 0.2) is 0 Å². The van der Waals surface area contributed by atoms with E-state index >= 15 is 0 Å². The summed E-state index contributed by atoms with van der Waals surface area (Å²) < 4.78 is 32.1. The van der Waals surface area contributed by atoms with Gasteiger partial charge in [-0.2, -0.15) is 0 Å². The molecule has 2 amide bonds. The molecule has 2 rings (SSSR count). The van der Waals surface area contributed by atoms with E-state index in [1.165, 1.54) is 0 Å². The number of carbonyl (C=O) groups is 1. The lowest BCUT2D eigenvalue weighted by Crippen LogP contribution is -2.55. The SMILES string of the molecule is O=C1NCCCN1[C@@H]1OC(CO)CC1(F)F. The summed E-state index contributed by atoms with van der Waals surface area (Å²) in [6.07, 6.45) is -2.37. The van der Waals surface area contributed by atoms with Crippen molar-refractivity contribution in [2.24, 2.45) is 0 Å². The number of nitrogens with zero attached hydrogens (tertiary/aromatic N) is 1. The minimum atomic E-state index is -3.10. The number of aliphatic hydroxyl groups is 1. The molecule has 0 bridgehead atoms. The molecule has 2 N–H and O–H groups in total. The van der Waals surface area contributed by atoms with E-state index < -0.39 is 37.3 Å². The molecule has 2 atom stereocenters. The standard InChI is InChI=1S/C9H14F2N2O3/c10-9(11)4-6(5-14)16-7(9)13-3-1-2-12-8(13)15/h6-7,14H,1-5H2,(H,12,15)/t6?,7-/m1/s1. The Balaban J connectivity index is 2.10.